The van der Waals surface area contributed by atoms with Gasteiger partial charge in [0.1, 0.15) is 4.88 Å². The second-order valence-corrected chi connectivity index (χ2v) is 5.84. The van der Waals surface area contributed by atoms with Crippen molar-refractivity contribution in [2.24, 2.45) is 5.92 Å². The SMILES string of the molecule is CCC(CC)C(Cl)CNC(=O)c1cnc(C)s1. The smallest absolute Gasteiger partial charge is 0.263 e. The van der Waals surface area contributed by atoms with Crippen LogP contribution in [-0.4, -0.2) is 22.8 Å². The van der Waals surface area contributed by atoms with Crippen LogP contribution in [0.5, 0.6) is 0 Å². The number of halogens is 1. The summed E-state index contributed by atoms with van der Waals surface area (Å²) in [6.07, 6.45) is 3.69. The summed E-state index contributed by atoms with van der Waals surface area (Å²) in [6.45, 7) is 6.65. The van der Waals surface area contributed by atoms with Crippen LogP contribution >= 0.6 is 22.9 Å². The predicted octanol–water partition coefficient (Wildman–Crippen LogP) is 3.22. The Hall–Kier alpha value is -0.610. The van der Waals surface area contributed by atoms with Gasteiger partial charge in [0.05, 0.1) is 16.6 Å². The highest BCUT2D eigenvalue weighted by molar-refractivity contribution is 7.13. The number of hydrogen-bond donors (Lipinski definition) is 1. The molecule has 0 aliphatic heterocycles. The van der Waals surface area contributed by atoms with E-state index in [1.54, 1.807) is 6.20 Å². The first-order valence-electron chi connectivity index (χ1n) is 5.93. The van der Waals surface area contributed by atoms with Crippen molar-refractivity contribution in [3.05, 3.63) is 16.1 Å². The van der Waals surface area contributed by atoms with Gasteiger partial charge in [-0.1, -0.05) is 26.7 Å². The average molecular weight is 275 g/mol. The molecule has 1 rings (SSSR count). The lowest BCUT2D eigenvalue weighted by atomic mass is 9.99. The molecule has 1 unspecified atom stereocenters. The number of thiazole rings is 1. The second kappa shape index (κ2) is 6.97. The molecule has 17 heavy (non-hydrogen) atoms. The summed E-state index contributed by atoms with van der Waals surface area (Å²) >= 11 is 7.66. The van der Waals surface area contributed by atoms with Gasteiger partial charge in [-0.2, -0.15) is 0 Å². The van der Waals surface area contributed by atoms with Crippen LogP contribution < -0.4 is 5.32 Å². The Labute approximate surface area is 112 Å². The molecule has 0 fully saturated rings. The minimum absolute atomic E-state index is 0.00275. The summed E-state index contributed by atoms with van der Waals surface area (Å²) in [7, 11) is 0. The standard InChI is InChI=1S/C12H19ClN2OS/c1-4-9(5-2)10(13)6-15-12(16)11-7-14-8(3)17-11/h7,9-10H,4-6H2,1-3H3,(H,15,16). The van der Waals surface area contributed by atoms with Gasteiger partial charge in [0.15, 0.2) is 0 Å². The van der Waals surface area contributed by atoms with E-state index in [9.17, 15) is 4.79 Å². The van der Waals surface area contributed by atoms with Gasteiger partial charge in [-0.25, -0.2) is 4.98 Å². The van der Waals surface area contributed by atoms with Crippen LogP contribution in [0.3, 0.4) is 0 Å². The predicted molar refractivity (Wildman–Crippen MR) is 72.9 cm³/mol. The molecule has 0 spiro atoms. The van der Waals surface area contributed by atoms with Crippen LogP contribution in [0.4, 0.5) is 0 Å². The van der Waals surface area contributed by atoms with E-state index >= 15 is 0 Å². The van der Waals surface area contributed by atoms with Crippen LogP contribution in [-0.2, 0) is 0 Å². The second-order valence-electron chi connectivity index (χ2n) is 4.05. The number of aromatic nitrogens is 1. The van der Waals surface area contributed by atoms with Crippen LogP contribution in [0.1, 0.15) is 41.4 Å². The first-order chi connectivity index (χ1) is 8.08. The zero-order chi connectivity index (χ0) is 12.8. The van der Waals surface area contributed by atoms with E-state index in [4.69, 9.17) is 11.6 Å². The molecule has 0 aliphatic carbocycles. The summed E-state index contributed by atoms with van der Waals surface area (Å²) in [6, 6.07) is 0. The van der Waals surface area contributed by atoms with Crippen LogP contribution in [0.15, 0.2) is 6.20 Å². The summed E-state index contributed by atoms with van der Waals surface area (Å²) < 4.78 is 0. The van der Waals surface area contributed by atoms with Crippen molar-refractivity contribution in [2.75, 3.05) is 6.54 Å². The highest BCUT2D eigenvalue weighted by atomic mass is 35.5. The van der Waals surface area contributed by atoms with Gasteiger partial charge < -0.3 is 5.32 Å². The Morgan fingerprint density at radius 2 is 2.18 bits per heavy atom. The molecule has 96 valence electrons. The van der Waals surface area contributed by atoms with Crippen LogP contribution in [0, 0.1) is 12.8 Å². The number of hydrogen-bond acceptors (Lipinski definition) is 3. The quantitative estimate of drug-likeness (QED) is 0.810. The first kappa shape index (κ1) is 14.5. The third-order valence-electron chi connectivity index (χ3n) is 2.86. The van der Waals surface area contributed by atoms with Gasteiger partial charge in [0.2, 0.25) is 0 Å². The molecule has 1 amide bonds. The molecule has 1 aromatic rings. The van der Waals surface area contributed by atoms with Crippen LogP contribution in [0.25, 0.3) is 0 Å². The van der Waals surface area contributed by atoms with Gasteiger partial charge in [-0.05, 0) is 12.8 Å². The molecule has 0 aromatic carbocycles. The molecular formula is C12H19ClN2OS. The maximum atomic E-state index is 11.8. The zero-order valence-corrected chi connectivity index (χ0v) is 12.1. The number of amides is 1. The average Bonchev–Trinajstić information content (AvgIpc) is 2.74. The van der Waals surface area contributed by atoms with E-state index in [2.05, 4.69) is 24.1 Å². The Bertz CT molecular complexity index is 363. The van der Waals surface area contributed by atoms with Gasteiger partial charge in [0, 0.05) is 6.54 Å². The van der Waals surface area contributed by atoms with Crippen LogP contribution in [0.2, 0.25) is 0 Å². The lowest BCUT2D eigenvalue weighted by Gasteiger charge is -2.19. The molecule has 0 radical (unpaired) electrons. The third-order valence-corrected chi connectivity index (χ3v) is 4.29. The lowest BCUT2D eigenvalue weighted by Crippen LogP contribution is -2.32. The van der Waals surface area contributed by atoms with E-state index in [1.165, 1.54) is 11.3 Å². The van der Waals surface area contributed by atoms with Gasteiger partial charge in [-0.3, -0.25) is 4.79 Å². The Balaban J connectivity index is 2.43. The molecule has 0 saturated carbocycles. The first-order valence-corrected chi connectivity index (χ1v) is 7.18. The van der Waals surface area contributed by atoms with Gasteiger partial charge in [-0.15, -0.1) is 22.9 Å². The number of nitrogens with one attached hydrogen (secondary N) is 1. The molecule has 3 nitrogen and oxygen atoms in total. The Morgan fingerprint density at radius 3 is 2.65 bits per heavy atom. The Morgan fingerprint density at radius 1 is 1.53 bits per heavy atom. The van der Waals surface area contributed by atoms with Crippen molar-refractivity contribution in [3.8, 4) is 0 Å². The fourth-order valence-electron chi connectivity index (χ4n) is 1.71. The summed E-state index contributed by atoms with van der Waals surface area (Å²) in [4.78, 5) is 16.5. The maximum Gasteiger partial charge on any atom is 0.263 e. The van der Waals surface area contributed by atoms with Gasteiger partial charge in [0.25, 0.3) is 5.91 Å². The molecule has 1 N–H and O–H groups in total. The van der Waals surface area contributed by atoms with E-state index in [-0.39, 0.29) is 11.3 Å². The number of alkyl halides is 1. The molecule has 1 atom stereocenters. The number of nitrogens with zero attached hydrogens (tertiary/aromatic N) is 1. The highest BCUT2D eigenvalue weighted by Gasteiger charge is 2.17. The van der Waals surface area contributed by atoms with Crippen molar-refractivity contribution in [3.63, 3.8) is 0 Å². The summed E-state index contributed by atoms with van der Waals surface area (Å²) in [5.74, 6) is 0.382. The fraction of sp³-hybridized carbons (Fsp3) is 0.667. The largest absolute Gasteiger partial charge is 0.350 e. The number of carbonyl (C=O) groups excluding carboxylic acids is 1. The zero-order valence-electron chi connectivity index (χ0n) is 10.5. The number of rotatable bonds is 6. The molecule has 1 heterocycles. The van der Waals surface area contributed by atoms with Crippen molar-refractivity contribution in [1.29, 1.82) is 0 Å². The van der Waals surface area contributed by atoms with Crippen molar-refractivity contribution >= 4 is 28.8 Å². The highest BCUT2D eigenvalue weighted by Crippen LogP contribution is 2.18. The molecule has 0 bridgehead atoms. The van der Waals surface area contributed by atoms with E-state index in [1.807, 2.05) is 6.92 Å². The third kappa shape index (κ3) is 4.28. The maximum absolute atomic E-state index is 11.8. The van der Waals surface area contributed by atoms with E-state index < -0.39 is 0 Å². The molecule has 5 heteroatoms. The lowest BCUT2D eigenvalue weighted by molar-refractivity contribution is 0.0955. The number of carbonyl (C=O) groups is 1. The summed E-state index contributed by atoms with van der Waals surface area (Å²) in [5.41, 5.74) is 0. The number of aryl methyl sites for hydroxylation is 1. The minimum atomic E-state index is -0.0767. The van der Waals surface area contributed by atoms with Crippen molar-refractivity contribution in [2.45, 2.75) is 39.0 Å². The normalized spacial score (nSPS) is 12.8. The van der Waals surface area contributed by atoms with E-state index in [0.29, 0.717) is 17.3 Å². The van der Waals surface area contributed by atoms with Crippen molar-refractivity contribution < 1.29 is 4.79 Å². The minimum Gasteiger partial charge on any atom is -0.350 e. The summed E-state index contributed by atoms with van der Waals surface area (Å²) in [5, 5.41) is 3.76. The topological polar surface area (TPSA) is 42.0 Å². The van der Waals surface area contributed by atoms with E-state index in [0.717, 1.165) is 17.8 Å². The molecule has 0 aliphatic rings. The monoisotopic (exact) mass is 274 g/mol. The Kier molecular flexibility index (Phi) is 5.92. The molecule has 0 saturated heterocycles. The van der Waals surface area contributed by atoms with Crippen molar-refractivity contribution in [1.82, 2.24) is 10.3 Å². The fourth-order valence-corrected chi connectivity index (χ4v) is 2.84. The molecule has 1 aromatic heterocycles. The van der Waals surface area contributed by atoms with Gasteiger partial charge >= 0.3 is 0 Å². The molecular weight excluding hydrogens is 256 g/mol.